The summed E-state index contributed by atoms with van der Waals surface area (Å²) in [6, 6.07) is 9.43. The van der Waals surface area contributed by atoms with E-state index in [1.54, 1.807) is 26.2 Å². The lowest BCUT2D eigenvalue weighted by Crippen LogP contribution is -2.36. The number of nitrogens with one attached hydrogen (secondary N) is 2. The summed E-state index contributed by atoms with van der Waals surface area (Å²) < 4.78 is 51.2. The lowest BCUT2D eigenvalue weighted by molar-refractivity contribution is -0.137. The number of urea groups is 1. The second kappa shape index (κ2) is 8.18. The zero-order valence-corrected chi connectivity index (χ0v) is 14.3. The molecule has 26 heavy (non-hydrogen) atoms. The quantitative estimate of drug-likeness (QED) is 0.773. The molecule has 0 aliphatic heterocycles. The highest BCUT2D eigenvalue weighted by atomic mass is 19.4. The van der Waals surface area contributed by atoms with Crippen molar-refractivity contribution in [3.05, 3.63) is 65.5 Å². The smallest absolute Gasteiger partial charge is 0.336 e. The predicted molar refractivity (Wildman–Crippen MR) is 91.3 cm³/mol. The maximum Gasteiger partial charge on any atom is 0.416 e. The van der Waals surface area contributed by atoms with Gasteiger partial charge in [0.2, 0.25) is 0 Å². The van der Waals surface area contributed by atoms with Crippen molar-refractivity contribution in [1.29, 1.82) is 0 Å². The van der Waals surface area contributed by atoms with E-state index in [4.69, 9.17) is 0 Å². The number of alkyl halides is 3. The van der Waals surface area contributed by atoms with Gasteiger partial charge in [0.15, 0.2) is 0 Å². The van der Waals surface area contributed by atoms with Crippen molar-refractivity contribution >= 4 is 11.7 Å². The van der Waals surface area contributed by atoms with E-state index in [2.05, 4.69) is 10.6 Å². The Morgan fingerprint density at radius 3 is 2.35 bits per heavy atom. The van der Waals surface area contributed by atoms with Gasteiger partial charge in [-0.15, -0.1) is 0 Å². The summed E-state index contributed by atoms with van der Waals surface area (Å²) in [5.41, 5.74) is 0.00376. The Morgan fingerprint density at radius 2 is 1.77 bits per heavy atom. The molecule has 1 atom stereocenters. The number of benzene rings is 2. The van der Waals surface area contributed by atoms with Crippen LogP contribution < -0.4 is 10.6 Å². The zero-order valence-electron chi connectivity index (χ0n) is 14.3. The van der Waals surface area contributed by atoms with Gasteiger partial charge < -0.3 is 15.5 Å². The lowest BCUT2D eigenvalue weighted by atomic mass is 10.1. The van der Waals surface area contributed by atoms with Crippen LogP contribution in [0.1, 0.15) is 17.2 Å². The van der Waals surface area contributed by atoms with Gasteiger partial charge in [-0.3, -0.25) is 0 Å². The molecule has 1 unspecified atom stereocenters. The van der Waals surface area contributed by atoms with Crippen LogP contribution >= 0.6 is 0 Å². The molecule has 4 nitrogen and oxygen atoms in total. The molecule has 2 N–H and O–H groups in total. The molecule has 2 aromatic rings. The van der Waals surface area contributed by atoms with Gasteiger partial charge in [0.1, 0.15) is 5.82 Å². The first-order valence-corrected chi connectivity index (χ1v) is 7.81. The third-order valence-electron chi connectivity index (χ3n) is 3.78. The first-order valence-electron chi connectivity index (χ1n) is 7.81. The van der Waals surface area contributed by atoms with Gasteiger partial charge in [-0.2, -0.15) is 13.2 Å². The Hall–Kier alpha value is -2.61. The molecule has 0 saturated carbocycles. The average molecular weight is 369 g/mol. The second-order valence-electron chi connectivity index (χ2n) is 5.94. The summed E-state index contributed by atoms with van der Waals surface area (Å²) in [5.74, 6) is -0.360. The molecule has 0 bridgehead atoms. The number of likely N-dealkylation sites (N-methyl/N-ethyl adjacent to an activating group) is 1. The molecule has 2 rings (SSSR count). The standard InChI is InChI=1S/C18H19F4N3O/c1-25(2)16(12-6-8-14(19)9-7-12)11-23-17(26)24-15-5-3-4-13(10-15)18(20,21)22/h3-10,16H,11H2,1-2H3,(H2,23,24,26). The summed E-state index contributed by atoms with van der Waals surface area (Å²) in [6.07, 6.45) is -4.48. The monoisotopic (exact) mass is 369 g/mol. The molecular formula is C18H19F4N3O. The molecule has 140 valence electrons. The summed E-state index contributed by atoms with van der Waals surface area (Å²) in [7, 11) is 3.61. The highest BCUT2D eigenvalue weighted by Crippen LogP contribution is 2.30. The molecule has 0 aliphatic rings. The highest BCUT2D eigenvalue weighted by Gasteiger charge is 2.30. The van der Waals surface area contributed by atoms with E-state index >= 15 is 0 Å². The molecule has 0 spiro atoms. The van der Waals surface area contributed by atoms with Gasteiger partial charge in [-0.1, -0.05) is 18.2 Å². The maximum atomic E-state index is 13.1. The first kappa shape index (κ1) is 19.7. The SMILES string of the molecule is CN(C)C(CNC(=O)Nc1cccc(C(F)(F)F)c1)c1ccc(F)cc1. The first-order chi connectivity index (χ1) is 12.2. The van der Waals surface area contributed by atoms with E-state index in [1.807, 2.05) is 4.90 Å². The summed E-state index contributed by atoms with van der Waals surface area (Å²) in [5, 5.41) is 5.00. The largest absolute Gasteiger partial charge is 0.416 e. The number of carbonyl (C=O) groups excluding carboxylic acids is 1. The summed E-state index contributed by atoms with van der Waals surface area (Å²) in [6.45, 7) is 0.198. The number of rotatable bonds is 5. The van der Waals surface area contributed by atoms with Crippen molar-refractivity contribution in [3.63, 3.8) is 0 Å². The maximum absolute atomic E-state index is 13.1. The van der Waals surface area contributed by atoms with E-state index in [0.717, 1.165) is 17.7 Å². The molecule has 2 aromatic carbocycles. The molecule has 2 amide bonds. The van der Waals surface area contributed by atoms with E-state index in [1.165, 1.54) is 24.3 Å². The molecule has 0 heterocycles. The predicted octanol–water partition coefficient (Wildman–Crippen LogP) is 4.27. The van der Waals surface area contributed by atoms with Crippen molar-refractivity contribution in [2.75, 3.05) is 26.0 Å². The molecular weight excluding hydrogens is 350 g/mol. The van der Waals surface area contributed by atoms with Crippen LogP contribution in [0.2, 0.25) is 0 Å². The molecule has 0 fully saturated rings. The van der Waals surface area contributed by atoms with Gasteiger partial charge in [0, 0.05) is 12.2 Å². The molecule has 0 aromatic heterocycles. The second-order valence-corrected chi connectivity index (χ2v) is 5.94. The molecule has 0 radical (unpaired) electrons. The van der Waals surface area contributed by atoms with E-state index in [0.29, 0.717) is 0 Å². The minimum atomic E-state index is -4.48. The number of carbonyl (C=O) groups is 1. The fourth-order valence-electron chi connectivity index (χ4n) is 2.42. The van der Waals surface area contributed by atoms with Crippen LogP contribution in [0.25, 0.3) is 0 Å². The van der Waals surface area contributed by atoms with Gasteiger partial charge in [-0.25, -0.2) is 9.18 Å². The minimum Gasteiger partial charge on any atom is -0.336 e. The van der Waals surface area contributed by atoms with Crippen LogP contribution in [0, 0.1) is 5.82 Å². The van der Waals surface area contributed by atoms with Gasteiger partial charge >= 0.3 is 12.2 Å². The third kappa shape index (κ3) is 5.45. The van der Waals surface area contributed by atoms with Crippen LogP contribution in [0.3, 0.4) is 0 Å². The molecule has 8 heteroatoms. The highest BCUT2D eigenvalue weighted by molar-refractivity contribution is 5.89. The van der Waals surface area contributed by atoms with Crippen molar-refractivity contribution in [3.8, 4) is 0 Å². The summed E-state index contributed by atoms with van der Waals surface area (Å²) in [4.78, 5) is 13.8. The van der Waals surface area contributed by atoms with Gasteiger partial charge in [0.25, 0.3) is 0 Å². The fraction of sp³-hybridized carbons (Fsp3) is 0.278. The number of hydrogen-bond donors (Lipinski definition) is 2. The number of anilines is 1. The number of nitrogens with zero attached hydrogens (tertiary/aromatic N) is 1. The van der Waals surface area contributed by atoms with Crippen LogP contribution in [-0.4, -0.2) is 31.6 Å². The van der Waals surface area contributed by atoms with Crippen molar-refractivity contribution < 1.29 is 22.4 Å². The van der Waals surface area contributed by atoms with Crippen molar-refractivity contribution in [1.82, 2.24) is 10.2 Å². The van der Waals surface area contributed by atoms with Gasteiger partial charge in [0.05, 0.1) is 11.6 Å². The van der Waals surface area contributed by atoms with Crippen LogP contribution in [-0.2, 0) is 6.18 Å². The van der Waals surface area contributed by atoms with Gasteiger partial charge in [-0.05, 0) is 50.0 Å². The number of hydrogen-bond acceptors (Lipinski definition) is 2. The topological polar surface area (TPSA) is 44.4 Å². The number of amides is 2. The van der Waals surface area contributed by atoms with Crippen molar-refractivity contribution in [2.24, 2.45) is 0 Å². The van der Waals surface area contributed by atoms with Crippen LogP contribution in [0.15, 0.2) is 48.5 Å². The fourth-order valence-corrected chi connectivity index (χ4v) is 2.42. The van der Waals surface area contributed by atoms with Crippen molar-refractivity contribution in [2.45, 2.75) is 12.2 Å². The Balaban J connectivity index is 1.99. The Kier molecular flexibility index (Phi) is 6.20. The normalized spacial score (nSPS) is 12.7. The molecule has 0 aliphatic carbocycles. The Bertz CT molecular complexity index is 745. The van der Waals surface area contributed by atoms with E-state index in [-0.39, 0.29) is 24.1 Å². The van der Waals surface area contributed by atoms with E-state index in [9.17, 15) is 22.4 Å². The Morgan fingerprint density at radius 1 is 1.12 bits per heavy atom. The number of halogens is 4. The van der Waals surface area contributed by atoms with Crippen LogP contribution in [0.5, 0.6) is 0 Å². The van der Waals surface area contributed by atoms with E-state index < -0.39 is 17.8 Å². The summed E-state index contributed by atoms with van der Waals surface area (Å²) >= 11 is 0. The molecule has 0 saturated heterocycles. The lowest BCUT2D eigenvalue weighted by Gasteiger charge is -2.25. The zero-order chi connectivity index (χ0) is 19.3. The van der Waals surface area contributed by atoms with Crippen LogP contribution in [0.4, 0.5) is 28.0 Å². The average Bonchev–Trinajstić information content (AvgIpc) is 2.56. The third-order valence-corrected chi connectivity index (χ3v) is 3.78. The Labute approximate surface area is 148 Å². The minimum absolute atomic E-state index is 0.0421.